The van der Waals surface area contributed by atoms with Crippen molar-refractivity contribution >= 4 is 11.3 Å². The SMILES string of the molecule is CC(NCc1ccc(F)cc1F)c1ccsc1. The predicted molar refractivity (Wildman–Crippen MR) is 65.9 cm³/mol. The molecule has 1 aromatic heterocycles. The summed E-state index contributed by atoms with van der Waals surface area (Å²) in [5.41, 5.74) is 1.66. The van der Waals surface area contributed by atoms with Crippen molar-refractivity contribution in [2.45, 2.75) is 19.5 Å². The van der Waals surface area contributed by atoms with E-state index in [2.05, 4.69) is 10.7 Å². The van der Waals surface area contributed by atoms with Crippen molar-refractivity contribution in [2.75, 3.05) is 0 Å². The molecular formula is C13H13F2NS. The number of benzene rings is 1. The lowest BCUT2D eigenvalue weighted by atomic mass is 10.1. The molecule has 4 heteroatoms. The fourth-order valence-electron chi connectivity index (χ4n) is 1.57. The van der Waals surface area contributed by atoms with Crippen LogP contribution in [0.5, 0.6) is 0 Å². The van der Waals surface area contributed by atoms with Crippen LogP contribution in [0.4, 0.5) is 8.78 Å². The third kappa shape index (κ3) is 3.11. The fraction of sp³-hybridized carbons (Fsp3) is 0.231. The van der Waals surface area contributed by atoms with Gasteiger partial charge in [-0.1, -0.05) is 6.07 Å². The molecule has 1 atom stereocenters. The molecule has 1 aromatic carbocycles. The van der Waals surface area contributed by atoms with E-state index in [0.717, 1.165) is 6.07 Å². The Hall–Kier alpha value is -1.26. The Bertz CT molecular complexity index is 482. The van der Waals surface area contributed by atoms with Crippen molar-refractivity contribution in [2.24, 2.45) is 0 Å². The summed E-state index contributed by atoms with van der Waals surface area (Å²) in [5, 5.41) is 7.27. The first-order chi connectivity index (χ1) is 8.16. The van der Waals surface area contributed by atoms with Gasteiger partial charge in [0.05, 0.1) is 0 Å². The van der Waals surface area contributed by atoms with Crippen LogP contribution in [0.2, 0.25) is 0 Å². The number of thiophene rings is 1. The zero-order valence-corrected chi connectivity index (χ0v) is 10.2. The summed E-state index contributed by atoms with van der Waals surface area (Å²) in [6.07, 6.45) is 0. The Morgan fingerprint density at radius 3 is 2.76 bits per heavy atom. The van der Waals surface area contributed by atoms with Crippen molar-refractivity contribution in [1.29, 1.82) is 0 Å². The summed E-state index contributed by atoms with van der Waals surface area (Å²) >= 11 is 1.63. The van der Waals surface area contributed by atoms with Crippen LogP contribution in [0.3, 0.4) is 0 Å². The number of hydrogen-bond donors (Lipinski definition) is 1. The molecule has 17 heavy (non-hydrogen) atoms. The molecule has 1 unspecified atom stereocenters. The Labute approximate surface area is 103 Å². The molecule has 0 saturated carbocycles. The highest BCUT2D eigenvalue weighted by Gasteiger charge is 2.07. The smallest absolute Gasteiger partial charge is 0.130 e. The molecule has 1 N–H and O–H groups in total. The average Bonchev–Trinajstić information content (AvgIpc) is 2.81. The molecular weight excluding hydrogens is 240 g/mol. The van der Waals surface area contributed by atoms with Crippen molar-refractivity contribution in [3.8, 4) is 0 Å². The summed E-state index contributed by atoms with van der Waals surface area (Å²) in [5.74, 6) is -1.05. The molecule has 0 spiro atoms. The van der Waals surface area contributed by atoms with Crippen LogP contribution in [-0.4, -0.2) is 0 Å². The Balaban J connectivity index is 1.98. The molecule has 0 saturated heterocycles. The lowest BCUT2D eigenvalue weighted by Crippen LogP contribution is -2.18. The predicted octanol–water partition coefficient (Wildman–Crippen LogP) is 3.88. The first-order valence-corrected chi connectivity index (χ1v) is 6.30. The minimum atomic E-state index is -0.544. The molecule has 2 rings (SSSR count). The molecule has 1 nitrogen and oxygen atoms in total. The second-order valence-corrected chi connectivity index (χ2v) is 4.68. The lowest BCUT2D eigenvalue weighted by Gasteiger charge is -2.12. The second kappa shape index (κ2) is 5.38. The fourth-order valence-corrected chi connectivity index (χ4v) is 2.32. The van der Waals surface area contributed by atoms with Crippen molar-refractivity contribution in [3.63, 3.8) is 0 Å². The zero-order chi connectivity index (χ0) is 12.3. The van der Waals surface area contributed by atoms with Gasteiger partial charge >= 0.3 is 0 Å². The summed E-state index contributed by atoms with van der Waals surface area (Å²) in [6.45, 7) is 2.41. The molecule has 90 valence electrons. The Morgan fingerprint density at radius 2 is 2.12 bits per heavy atom. The van der Waals surface area contributed by atoms with E-state index in [1.165, 1.54) is 17.7 Å². The van der Waals surface area contributed by atoms with E-state index in [1.54, 1.807) is 11.3 Å². The molecule has 0 radical (unpaired) electrons. The highest BCUT2D eigenvalue weighted by Crippen LogP contribution is 2.17. The van der Waals surface area contributed by atoms with E-state index in [9.17, 15) is 8.78 Å². The standard InChI is InChI=1S/C13H13F2NS/c1-9(11-4-5-17-8-11)16-7-10-2-3-12(14)6-13(10)15/h2-6,8-9,16H,7H2,1H3. The van der Waals surface area contributed by atoms with E-state index in [-0.39, 0.29) is 6.04 Å². The molecule has 0 aliphatic carbocycles. The number of nitrogens with one attached hydrogen (secondary N) is 1. The molecule has 2 aromatic rings. The van der Waals surface area contributed by atoms with Gasteiger partial charge in [-0.25, -0.2) is 8.78 Å². The van der Waals surface area contributed by atoms with E-state index >= 15 is 0 Å². The third-order valence-electron chi connectivity index (χ3n) is 2.66. The number of hydrogen-bond acceptors (Lipinski definition) is 2. The maximum atomic E-state index is 13.4. The van der Waals surface area contributed by atoms with Crippen molar-refractivity contribution in [1.82, 2.24) is 5.32 Å². The summed E-state index contributed by atoms with van der Waals surface area (Å²) in [7, 11) is 0. The number of halogens is 2. The van der Waals surface area contributed by atoms with Crippen LogP contribution in [0.25, 0.3) is 0 Å². The quantitative estimate of drug-likeness (QED) is 0.872. The normalized spacial score (nSPS) is 12.6. The minimum Gasteiger partial charge on any atom is -0.306 e. The van der Waals surface area contributed by atoms with Gasteiger partial charge in [0, 0.05) is 24.2 Å². The van der Waals surface area contributed by atoms with Gasteiger partial charge in [-0.2, -0.15) is 11.3 Å². The molecule has 0 bridgehead atoms. The van der Waals surface area contributed by atoms with Gasteiger partial charge in [-0.3, -0.25) is 0 Å². The third-order valence-corrected chi connectivity index (χ3v) is 3.36. The summed E-state index contributed by atoms with van der Waals surface area (Å²) in [6, 6.07) is 5.84. The second-order valence-electron chi connectivity index (χ2n) is 3.90. The van der Waals surface area contributed by atoms with E-state index in [4.69, 9.17) is 0 Å². The minimum absolute atomic E-state index is 0.158. The molecule has 0 aliphatic heterocycles. The first-order valence-electron chi connectivity index (χ1n) is 5.36. The maximum Gasteiger partial charge on any atom is 0.130 e. The largest absolute Gasteiger partial charge is 0.306 e. The van der Waals surface area contributed by atoms with E-state index < -0.39 is 11.6 Å². The van der Waals surface area contributed by atoms with Gasteiger partial charge in [0.2, 0.25) is 0 Å². The molecule has 1 heterocycles. The first kappa shape index (κ1) is 12.2. The van der Waals surface area contributed by atoms with Crippen LogP contribution in [0.15, 0.2) is 35.0 Å². The average molecular weight is 253 g/mol. The molecule has 0 aliphatic rings. The summed E-state index contributed by atoms with van der Waals surface area (Å²) in [4.78, 5) is 0. The van der Waals surface area contributed by atoms with Gasteiger partial charge < -0.3 is 5.32 Å². The number of rotatable bonds is 4. The van der Waals surface area contributed by atoms with E-state index in [0.29, 0.717) is 12.1 Å². The van der Waals surface area contributed by atoms with Gasteiger partial charge in [0.25, 0.3) is 0 Å². The topological polar surface area (TPSA) is 12.0 Å². The van der Waals surface area contributed by atoms with Gasteiger partial charge in [0.1, 0.15) is 11.6 Å². The summed E-state index contributed by atoms with van der Waals surface area (Å²) < 4.78 is 26.1. The zero-order valence-electron chi connectivity index (χ0n) is 9.41. The monoisotopic (exact) mass is 253 g/mol. The van der Waals surface area contributed by atoms with Gasteiger partial charge in [-0.15, -0.1) is 0 Å². The maximum absolute atomic E-state index is 13.4. The molecule has 0 amide bonds. The van der Waals surface area contributed by atoms with Crippen molar-refractivity contribution in [3.05, 3.63) is 57.8 Å². The van der Waals surface area contributed by atoms with Crippen LogP contribution >= 0.6 is 11.3 Å². The molecule has 0 fully saturated rings. The van der Waals surface area contributed by atoms with Crippen LogP contribution in [0.1, 0.15) is 24.1 Å². The van der Waals surface area contributed by atoms with Gasteiger partial charge in [-0.05, 0) is 35.4 Å². The highest BCUT2D eigenvalue weighted by atomic mass is 32.1. The van der Waals surface area contributed by atoms with E-state index in [1.807, 2.05) is 18.4 Å². The van der Waals surface area contributed by atoms with Gasteiger partial charge in [0.15, 0.2) is 0 Å². The Morgan fingerprint density at radius 1 is 1.29 bits per heavy atom. The Kier molecular flexibility index (Phi) is 3.86. The van der Waals surface area contributed by atoms with Crippen LogP contribution in [0, 0.1) is 11.6 Å². The van der Waals surface area contributed by atoms with Crippen LogP contribution in [-0.2, 0) is 6.54 Å². The van der Waals surface area contributed by atoms with Crippen LogP contribution < -0.4 is 5.32 Å². The lowest BCUT2D eigenvalue weighted by molar-refractivity contribution is 0.534. The van der Waals surface area contributed by atoms with Crippen molar-refractivity contribution < 1.29 is 8.78 Å². The highest BCUT2D eigenvalue weighted by molar-refractivity contribution is 7.07.